The minimum atomic E-state index is -0.177. The highest BCUT2D eigenvalue weighted by Gasteiger charge is 2.11. The highest BCUT2D eigenvalue weighted by molar-refractivity contribution is 6.31. The van der Waals surface area contributed by atoms with Gasteiger partial charge in [-0.3, -0.25) is 9.36 Å². The largest absolute Gasteiger partial charge is 0.300 e. The third kappa shape index (κ3) is 2.82. The van der Waals surface area contributed by atoms with Gasteiger partial charge in [0, 0.05) is 29.2 Å². The topological polar surface area (TPSA) is 39.3 Å². The van der Waals surface area contributed by atoms with Crippen molar-refractivity contribution in [2.75, 3.05) is 0 Å². The number of aryl methyl sites for hydroxylation is 2. The number of imidazole rings is 1. The van der Waals surface area contributed by atoms with Crippen LogP contribution in [0.3, 0.4) is 0 Å². The zero-order valence-electron chi connectivity index (χ0n) is 14.6. The number of hydrogen-bond acceptors (Lipinski definition) is 2. The Hall–Kier alpha value is -2.85. The first-order valence-electron chi connectivity index (χ1n) is 8.53. The number of hydrogen-bond donors (Lipinski definition) is 0. The van der Waals surface area contributed by atoms with E-state index in [9.17, 15) is 4.79 Å². The quantitative estimate of drug-likeness (QED) is 0.530. The number of halogens is 1. The van der Waals surface area contributed by atoms with Crippen molar-refractivity contribution in [1.82, 2.24) is 14.0 Å². The van der Waals surface area contributed by atoms with Gasteiger partial charge in [0.25, 0.3) is 5.56 Å². The second kappa shape index (κ2) is 6.46. The van der Waals surface area contributed by atoms with E-state index in [0.29, 0.717) is 10.7 Å². The molecule has 0 radical (unpaired) electrons. The molecule has 0 aliphatic rings. The lowest BCUT2D eigenvalue weighted by molar-refractivity contribution is 0.949. The van der Waals surface area contributed by atoms with E-state index in [4.69, 9.17) is 11.6 Å². The molecular formula is C21H18ClN3O. The molecule has 0 spiro atoms. The van der Waals surface area contributed by atoms with E-state index in [2.05, 4.69) is 24.0 Å². The van der Waals surface area contributed by atoms with Gasteiger partial charge in [0.05, 0.1) is 11.4 Å². The summed E-state index contributed by atoms with van der Waals surface area (Å²) >= 11 is 6.21. The van der Waals surface area contributed by atoms with E-state index < -0.39 is 0 Å². The number of fused-ring (bicyclic) bond motifs is 1. The van der Waals surface area contributed by atoms with Gasteiger partial charge in [-0.25, -0.2) is 4.98 Å². The predicted octanol–water partition coefficient (Wildman–Crippen LogP) is 4.68. The number of rotatable bonds is 3. The second-order valence-electron chi connectivity index (χ2n) is 6.31. The molecule has 0 fully saturated rings. The van der Waals surface area contributed by atoms with E-state index in [1.54, 1.807) is 21.2 Å². The van der Waals surface area contributed by atoms with Crippen LogP contribution in [0.1, 0.15) is 18.1 Å². The Morgan fingerprint density at radius 1 is 1.08 bits per heavy atom. The number of benzene rings is 2. The van der Waals surface area contributed by atoms with Crippen molar-refractivity contribution >= 4 is 17.2 Å². The highest BCUT2D eigenvalue weighted by Crippen LogP contribution is 2.21. The first kappa shape index (κ1) is 16.6. The maximum Gasteiger partial charge on any atom is 0.298 e. The minimum Gasteiger partial charge on any atom is -0.300 e. The fourth-order valence-electron chi connectivity index (χ4n) is 2.96. The van der Waals surface area contributed by atoms with E-state index >= 15 is 0 Å². The van der Waals surface area contributed by atoms with Gasteiger partial charge in [-0.1, -0.05) is 48.9 Å². The van der Waals surface area contributed by atoms with Crippen LogP contribution in [0.5, 0.6) is 0 Å². The van der Waals surface area contributed by atoms with Gasteiger partial charge in [0.15, 0.2) is 0 Å². The molecule has 26 heavy (non-hydrogen) atoms. The van der Waals surface area contributed by atoms with Crippen LogP contribution in [-0.2, 0) is 6.42 Å². The first-order valence-corrected chi connectivity index (χ1v) is 8.91. The average molecular weight is 364 g/mol. The molecule has 0 N–H and O–H groups in total. The van der Waals surface area contributed by atoms with Crippen molar-refractivity contribution < 1.29 is 0 Å². The Bertz CT molecular complexity index is 1160. The van der Waals surface area contributed by atoms with Crippen LogP contribution in [0.2, 0.25) is 5.02 Å². The van der Waals surface area contributed by atoms with Gasteiger partial charge in [-0.2, -0.15) is 0 Å². The van der Waals surface area contributed by atoms with Crippen LogP contribution >= 0.6 is 11.6 Å². The minimum absolute atomic E-state index is 0.177. The summed E-state index contributed by atoms with van der Waals surface area (Å²) in [5, 5.41) is 0.634. The van der Waals surface area contributed by atoms with Crippen LogP contribution < -0.4 is 5.56 Å². The number of aromatic nitrogens is 3. The van der Waals surface area contributed by atoms with E-state index in [1.807, 2.05) is 43.6 Å². The summed E-state index contributed by atoms with van der Waals surface area (Å²) in [7, 11) is 0. The van der Waals surface area contributed by atoms with Crippen LogP contribution in [-0.4, -0.2) is 14.0 Å². The van der Waals surface area contributed by atoms with Crippen LogP contribution in [0.25, 0.3) is 22.6 Å². The fourth-order valence-corrected chi connectivity index (χ4v) is 3.14. The lowest BCUT2D eigenvalue weighted by Gasteiger charge is -2.07. The third-order valence-electron chi connectivity index (χ3n) is 4.61. The molecule has 130 valence electrons. The van der Waals surface area contributed by atoms with E-state index in [0.717, 1.165) is 28.9 Å². The Morgan fingerprint density at radius 2 is 1.85 bits per heavy atom. The summed E-state index contributed by atoms with van der Waals surface area (Å²) in [5.74, 6) is 0. The van der Waals surface area contributed by atoms with Gasteiger partial charge in [0.2, 0.25) is 5.65 Å². The zero-order valence-corrected chi connectivity index (χ0v) is 15.4. The van der Waals surface area contributed by atoms with Crippen molar-refractivity contribution in [3.05, 3.63) is 87.6 Å². The molecule has 2 heterocycles. The monoisotopic (exact) mass is 363 g/mol. The molecule has 0 bridgehead atoms. The number of nitrogens with zero attached hydrogens (tertiary/aromatic N) is 3. The molecule has 0 atom stereocenters. The lowest BCUT2D eigenvalue weighted by Crippen LogP contribution is -2.19. The van der Waals surface area contributed by atoms with Crippen molar-refractivity contribution in [3.8, 4) is 16.9 Å². The summed E-state index contributed by atoms with van der Waals surface area (Å²) in [6, 6.07) is 13.8. The molecule has 5 heteroatoms. The Balaban J connectivity index is 1.82. The van der Waals surface area contributed by atoms with Crippen molar-refractivity contribution in [2.24, 2.45) is 0 Å². The molecule has 0 unspecified atom stereocenters. The SMILES string of the molecule is CCc1ccc(-c2cn3ccn(-c4ccc(C)c(Cl)c4)c(=O)c3n2)cc1. The standard InChI is InChI=1S/C21H18ClN3O/c1-3-15-5-7-16(8-6-15)19-13-24-10-11-25(21(26)20(24)23-19)17-9-4-14(2)18(22)12-17/h4-13H,3H2,1-2H3. The predicted molar refractivity (Wildman–Crippen MR) is 105 cm³/mol. The third-order valence-corrected chi connectivity index (χ3v) is 5.02. The van der Waals surface area contributed by atoms with Crippen LogP contribution in [0.15, 0.2) is 65.8 Å². The summed E-state index contributed by atoms with van der Waals surface area (Å²) in [6.45, 7) is 4.06. The molecule has 0 saturated heterocycles. The Kier molecular flexibility index (Phi) is 4.13. The second-order valence-corrected chi connectivity index (χ2v) is 6.72. The summed E-state index contributed by atoms with van der Waals surface area (Å²) in [6.07, 6.45) is 6.45. The van der Waals surface area contributed by atoms with Crippen molar-refractivity contribution in [3.63, 3.8) is 0 Å². The Morgan fingerprint density at radius 3 is 2.54 bits per heavy atom. The smallest absolute Gasteiger partial charge is 0.298 e. The highest BCUT2D eigenvalue weighted by atomic mass is 35.5. The maximum atomic E-state index is 12.9. The van der Waals surface area contributed by atoms with Crippen LogP contribution in [0.4, 0.5) is 0 Å². The van der Waals surface area contributed by atoms with Gasteiger partial charge >= 0.3 is 0 Å². The fraction of sp³-hybridized carbons (Fsp3) is 0.143. The normalized spacial score (nSPS) is 11.2. The first-order chi connectivity index (χ1) is 12.6. The molecule has 4 aromatic rings. The molecule has 0 saturated carbocycles. The molecule has 4 rings (SSSR count). The molecule has 0 aliphatic carbocycles. The summed E-state index contributed by atoms with van der Waals surface area (Å²) in [4.78, 5) is 17.5. The summed E-state index contributed by atoms with van der Waals surface area (Å²) < 4.78 is 3.33. The molecular weight excluding hydrogens is 346 g/mol. The van der Waals surface area contributed by atoms with E-state index in [1.165, 1.54) is 5.56 Å². The maximum absolute atomic E-state index is 12.9. The molecule has 0 amide bonds. The van der Waals surface area contributed by atoms with Gasteiger partial charge in [-0.15, -0.1) is 0 Å². The van der Waals surface area contributed by atoms with Crippen molar-refractivity contribution in [1.29, 1.82) is 0 Å². The van der Waals surface area contributed by atoms with Gasteiger partial charge < -0.3 is 4.40 Å². The summed E-state index contributed by atoms with van der Waals surface area (Å²) in [5.41, 5.74) is 4.96. The molecule has 0 aliphatic heterocycles. The molecule has 2 aromatic heterocycles. The van der Waals surface area contributed by atoms with Gasteiger partial charge in [0.1, 0.15) is 0 Å². The van der Waals surface area contributed by atoms with Crippen molar-refractivity contribution in [2.45, 2.75) is 20.3 Å². The average Bonchev–Trinajstić information content (AvgIpc) is 3.10. The van der Waals surface area contributed by atoms with Crippen LogP contribution in [0, 0.1) is 6.92 Å². The van der Waals surface area contributed by atoms with E-state index in [-0.39, 0.29) is 5.56 Å². The zero-order chi connectivity index (χ0) is 18.3. The van der Waals surface area contributed by atoms with Gasteiger partial charge in [-0.05, 0) is 36.6 Å². The molecule has 2 aromatic carbocycles. The Labute approximate surface area is 156 Å². The molecule has 4 nitrogen and oxygen atoms in total. The lowest BCUT2D eigenvalue weighted by atomic mass is 10.1.